The summed E-state index contributed by atoms with van der Waals surface area (Å²) in [4.78, 5) is 10.4. The SMILES string of the molecule is O=C(CNS(=O)(=O)c1cc(Cl)c(O)c(Cl)c1)NO. The molecule has 0 fully saturated rings. The van der Waals surface area contributed by atoms with Crippen LogP contribution in [-0.4, -0.2) is 31.2 Å². The van der Waals surface area contributed by atoms with E-state index in [0.29, 0.717) is 0 Å². The summed E-state index contributed by atoms with van der Waals surface area (Å²) >= 11 is 11.1. The summed E-state index contributed by atoms with van der Waals surface area (Å²) in [5, 5.41) is 17.0. The van der Waals surface area contributed by atoms with Crippen molar-refractivity contribution in [1.29, 1.82) is 0 Å². The van der Waals surface area contributed by atoms with Crippen molar-refractivity contribution in [3.8, 4) is 5.75 Å². The Bertz CT molecular complexity index is 552. The normalized spacial score (nSPS) is 11.3. The molecule has 1 amide bonds. The summed E-state index contributed by atoms with van der Waals surface area (Å²) in [6.07, 6.45) is 0. The fraction of sp³-hybridized carbons (Fsp3) is 0.125. The topological polar surface area (TPSA) is 116 Å². The van der Waals surface area contributed by atoms with Gasteiger partial charge in [-0.25, -0.2) is 18.6 Å². The molecule has 7 nitrogen and oxygen atoms in total. The van der Waals surface area contributed by atoms with Crippen LogP contribution in [0.5, 0.6) is 5.75 Å². The average Bonchev–Trinajstić information content (AvgIpc) is 2.32. The van der Waals surface area contributed by atoms with Crippen LogP contribution in [0, 0.1) is 0 Å². The maximum Gasteiger partial charge on any atom is 0.258 e. The minimum absolute atomic E-state index is 0.241. The zero-order valence-electron chi connectivity index (χ0n) is 8.65. The summed E-state index contributed by atoms with van der Waals surface area (Å²) in [6, 6.07) is 1.95. The second-order valence-electron chi connectivity index (χ2n) is 3.10. The third-order valence-electron chi connectivity index (χ3n) is 1.85. The maximum atomic E-state index is 11.7. The number of hydrogen-bond donors (Lipinski definition) is 4. The van der Waals surface area contributed by atoms with Gasteiger partial charge in [-0.15, -0.1) is 0 Å². The first-order valence-electron chi connectivity index (χ1n) is 4.38. The van der Waals surface area contributed by atoms with Crippen LogP contribution >= 0.6 is 23.2 Å². The maximum absolute atomic E-state index is 11.7. The third kappa shape index (κ3) is 3.47. The van der Waals surface area contributed by atoms with E-state index in [-0.39, 0.29) is 14.9 Å². The van der Waals surface area contributed by atoms with Gasteiger partial charge in [-0.3, -0.25) is 10.0 Å². The van der Waals surface area contributed by atoms with E-state index < -0.39 is 28.2 Å². The highest BCUT2D eigenvalue weighted by molar-refractivity contribution is 7.89. The predicted octanol–water partition coefficient (Wildman–Crippen LogP) is 0.483. The Morgan fingerprint density at radius 3 is 2.22 bits per heavy atom. The molecule has 0 aromatic heterocycles. The second kappa shape index (κ2) is 5.72. The Labute approximate surface area is 112 Å². The molecule has 0 aliphatic heterocycles. The number of rotatable bonds is 4. The molecule has 18 heavy (non-hydrogen) atoms. The number of phenols is 1. The molecular weight excluding hydrogens is 307 g/mol. The first kappa shape index (κ1) is 15.0. The number of halogens is 2. The van der Waals surface area contributed by atoms with Crippen LogP contribution in [0.25, 0.3) is 0 Å². The number of hydroxylamine groups is 1. The van der Waals surface area contributed by atoms with Crippen molar-refractivity contribution in [2.75, 3.05) is 6.54 Å². The molecule has 0 bridgehead atoms. The van der Waals surface area contributed by atoms with Gasteiger partial charge < -0.3 is 5.11 Å². The molecule has 0 saturated carbocycles. The van der Waals surface area contributed by atoms with Crippen LogP contribution in [0.1, 0.15) is 0 Å². The minimum atomic E-state index is -4.03. The number of aromatic hydroxyl groups is 1. The van der Waals surface area contributed by atoms with Gasteiger partial charge in [-0.2, -0.15) is 0 Å². The highest BCUT2D eigenvalue weighted by atomic mass is 35.5. The molecule has 4 N–H and O–H groups in total. The van der Waals surface area contributed by atoms with Crippen molar-refractivity contribution in [2.24, 2.45) is 0 Å². The van der Waals surface area contributed by atoms with Crippen molar-refractivity contribution >= 4 is 39.1 Å². The smallest absolute Gasteiger partial charge is 0.258 e. The van der Waals surface area contributed by atoms with Crippen molar-refractivity contribution in [3.63, 3.8) is 0 Å². The highest BCUT2D eigenvalue weighted by Gasteiger charge is 2.18. The lowest BCUT2D eigenvalue weighted by molar-refractivity contribution is -0.127. The Morgan fingerprint density at radius 2 is 1.78 bits per heavy atom. The van der Waals surface area contributed by atoms with E-state index in [1.807, 2.05) is 4.72 Å². The van der Waals surface area contributed by atoms with E-state index in [4.69, 9.17) is 28.4 Å². The van der Waals surface area contributed by atoms with Crippen LogP contribution in [0.2, 0.25) is 10.0 Å². The number of carbonyl (C=O) groups excluding carboxylic acids is 1. The lowest BCUT2D eigenvalue weighted by Gasteiger charge is -2.08. The molecule has 1 rings (SSSR count). The van der Waals surface area contributed by atoms with Crippen LogP contribution in [0.15, 0.2) is 17.0 Å². The second-order valence-corrected chi connectivity index (χ2v) is 5.68. The zero-order valence-corrected chi connectivity index (χ0v) is 11.0. The van der Waals surface area contributed by atoms with Crippen molar-refractivity contribution in [3.05, 3.63) is 22.2 Å². The third-order valence-corrected chi connectivity index (χ3v) is 3.81. The number of phenolic OH excluding ortho intramolecular Hbond substituents is 1. The van der Waals surface area contributed by atoms with E-state index >= 15 is 0 Å². The molecule has 1 aromatic rings. The number of amides is 1. The van der Waals surface area contributed by atoms with Gasteiger partial charge in [0.2, 0.25) is 10.0 Å². The predicted molar refractivity (Wildman–Crippen MR) is 63.2 cm³/mol. The lowest BCUT2D eigenvalue weighted by atomic mass is 10.3. The number of sulfonamides is 1. The van der Waals surface area contributed by atoms with Gasteiger partial charge in [0.25, 0.3) is 5.91 Å². The number of carbonyl (C=O) groups is 1. The Balaban J connectivity index is 3.02. The van der Waals surface area contributed by atoms with E-state index in [1.165, 1.54) is 5.48 Å². The van der Waals surface area contributed by atoms with Crippen LogP contribution in [0.4, 0.5) is 0 Å². The molecule has 1 aromatic carbocycles. The summed E-state index contributed by atoms with van der Waals surface area (Å²) in [7, 11) is -4.03. The molecular formula is C8H8Cl2N2O5S. The highest BCUT2D eigenvalue weighted by Crippen LogP contribution is 2.33. The fourth-order valence-corrected chi connectivity index (χ4v) is 2.63. The van der Waals surface area contributed by atoms with Gasteiger partial charge in [0, 0.05) is 0 Å². The van der Waals surface area contributed by atoms with Crippen LogP contribution < -0.4 is 10.2 Å². The minimum Gasteiger partial charge on any atom is -0.505 e. The Kier molecular flexibility index (Phi) is 4.77. The molecule has 0 atom stereocenters. The molecule has 0 unspecified atom stereocenters. The summed E-state index contributed by atoms with van der Waals surface area (Å²) < 4.78 is 25.3. The van der Waals surface area contributed by atoms with Gasteiger partial charge in [-0.05, 0) is 12.1 Å². The molecule has 0 radical (unpaired) electrons. The Hall–Kier alpha value is -1.06. The average molecular weight is 315 g/mol. The van der Waals surface area contributed by atoms with E-state index in [9.17, 15) is 18.3 Å². The van der Waals surface area contributed by atoms with Gasteiger partial charge >= 0.3 is 0 Å². The van der Waals surface area contributed by atoms with Crippen LogP contribution in [-0.2, 0) is 14.8 Å². The molecule has 0 heterocycles. The number of nitrogens with one attached hydrogen (secondary N) is 2. The van der Waals surface area contributed by atoms with Gasteiger partial charge in [-0.1, -0.05) is 23.2 Å². The van der Waals surface area contributed by atoms with Crippen molar-refractivity contribution in [2.45, 2.75) is 4.90 Å². The van der Waals surface area contributed by atoms with E-state index in [1.54, 1.807) is 0 Å². The molecule has 0 aliphatic rings. The first-order valence-corrected chi connectivity index (χ1v) is 6.62. The van der Waals surface area contributed by atoms with Gasteiger partial charge in [0.05, 0.1) is 21.5 Å². The Morgan fingerprint density at radius 1 is 1.28 bits per heavy atom. The van der Waals surface area contributed by atoms with E-state index in [2.05, 4.69) is 0 Å². The van der Waals surface area contributed by atoms with Crippen LogP contribution in [0.3, 0.4) is 0 Å². The zero-order chi connectivity index (χ0) is 13.9. The molecule has 10 heteroatoms. The number of benzene rings is 1. The summed E-state index contributed by atoms with van der Waals surface area (Å²) in [6.45, 7) is -0.658. The summed E-state index contributed by atoms with van der Waals surface area (Å²) in [5.41, 5.74) is 1.26. The summed E-state index contributed by atoms with van der Waals surface area (Å²) in [5.74, 6) is -1.38. The molecule has 100 valence electrons. The molecule has 0 aliphatic carbocycles. The number of hydrogen-bond acceptors (Lipinski definition) is 5. The fourth-order valence-electron chi connectivity index (χ4n) is 0.981. The van der Waals surface area contributed by atoms with E-state index in [0.717, 1.165) is 12.1 Å². The quantitative estimate of drug-likeness (QED) is 0.476. The van der Waals surface area contributed by atoms with Crippen molar-refractivity contribution < 1.29 is 23.5 Å². The monoisotopic (exact) mass is 314 g/mol. The first-order chi connectivity index (χ1) is 8.27. The largest absolute Gasteiger partial charge is 0.505 e. The lowest BCUT2D eigenvalue weighted by Crippen LogP contribution is -2.35. The van der Waals surface area contributed by atoms with Crippen molar-refractivity contribution in [1.82, 2.24) is 10.2 Å². The van der Waals surface area contributed by atoms with Gasteiger partial charge in [0.1, 0.15) is 0 Å². The standard InChI is InChI=1S/C8H8Cl2N2O5S/c9-5-1-4(2-6(10)8(5)14)18(16,17)11-3-7(13)12-15/h1-2,11,14-15H,3H2,(H,12,13). The molecule has 0 spiro atoms. The van der Waals surface area contributed by atoms with Gasteiger partial charge in [0.15, 0.2) is 5.75 Å². The molecule has 0 saturated heterocycles.